The Bertz CT molecular complexity index is 388. The van der Waals surface area contributed by atoms with E-state index in [9.17, 15) is 9.59 Å². The molecule has 5 nitrogen and oxygen atoms in total. The summed E-state index contributed by atoms with van der Waals surface area (Å²) in [5, 5.41) is 11.2. The number of hydrogen-bond donors (Lipinski definition) is 3. The number of nitrogens with two attached hydrogens (primary N) is 1. The zero-order chi connectivity index (χ0) is 12.1. The zero-order valence-electron chi connectivity index (χ0n) is 8.93. The third kappa shape index (κ3) is 3.27. The lowest BCUT2D eigenvalue weighted by molar-refractivity contribution is -0.137. The van der Waals surface area contributed by atoms with Crippen LogP contribution in [0.1, 0.15) is 23.6 Å². The Hall–Kier alpha value is -2.04. The van der Waals surface area contributed by atoms with Crippen molar-refractivity contribution in [3.05, 3.63) is 35.4 Å². The summed E-state index contributed by atoms with van der Waals surface area (Å²) in [4.78, 5) is 21.5. The van der Waals surface area contributed by atoms with E-state index in [0.717, 1.165) is 11.1 Å². The summed E-state index contributed by atoms with van der Waals surface area (Å²) in [7, 11) is 0. The predicted molar refractivity (Wildman–Crippen MR) is 58.9 cm³/mol. The van der Waals surface area contributed by atoms with Crippen molar-refractivity contribution in [1.82, 2.24) is 5.32 Å². The second-order valence-corrected chi connectivity index (χ2v) is 3.52. The molecule has 0 spiro atoms. The minimum atomic E-state index is -0.984. The molecule has 4 N–H and O–H groups in total. The maximum atomic E-state index is 10.8. The van der Waals surface area contributed by atoms with Crippen LogP contribution >= 0.6 is 0 Å². The number of aliphatic carboxylic acids is 1. The van der Waals surface area contributed by atoms with E-state index >= 15 is 0 Å². The van der Waals surface area contributed by atoms with E-state index < -0.39 is 18.0 Å². The van der Waals surface area contributed by atoms with Crippen LogP contribution in [0.2, 0.25) is 0 Å². The van der Waals surface area contributed by atoms with Crippen molar-refractivity contribution in [2.24, 2.45) is 5.73 Å². The zero-order valence-corrected chi connectivity index (χ0v) is 8.93. The molecule has 0 fully saturated rings. The number of carboxylic acid groups (broad SMARTS) is 1. The number of primary amides is 1. The van der Waals surface area contributed by atoms with Gasteiger partial charge in [-0.05, 0) is 18.1 Å². The molecule has 0 saturated heterocycles. The Labute approximate surface area is 93.3 Å². The molecule has 0 aliphatic carbocycles. The van der Waals surface area contributed by atoms with Crippen molar-refractivity contribution in [2.75, 3.05) is 0 Å². The van der Waals surface area contributed by atoms with E-state index in [-0.39, 0.29) is 6.42 Å². The lowest BCUT2D eigenvalue weighted by atomic mass is 9.99. The molecule has 1 atom stereocenters. The molecule has 0 aromatic heterocycles. The van der Waals surface area contributed by atoms with E-state index in [0.29, 0.717) is 0 Å². The number of nitrogens with one attached hydrogen (secondary N) is 1. The average molecular weight is 222 g/mol. The molecule has 1 aromatic carbocycles. The van der Waals surface area contributed by atoms with Crippen LogP contribution in [0.5, 0.6) is 0 Å². The molecule has 0 unspecified atom stereocenters. The van der Waals surface area contributed by atoms with Crippen LogP contribution in [0, 0.1) is 6.92 Å². The van der Waals surface area contributed by atoms with E-state index in [4.69, 9.17) is 10.8 Å². The Morgan fingerprint density at radius 1 is 1.44 bits per heavy atom. The Morgan fingerprint density at radius 3 is 2.56 bits per heavy atom. The molecular weight excluding hydrogens is 208 g/mol. The number of hydrogen-bond acceptors (Lipinski definition) is 2. The molecule has 0 radical (unpaired) electrons. The summed E-state index contributed by atoms with van der Waals surface area (Å²) in [6.45, 7) is 1.85. The van der Waals surface area contributed by atoms with Crippen molar-refractivity contribution >= 4 is 12.0 Å². The molecule has 0 heterocycles. The largest absolute Gasteiger partial charge is 0.481 e. The van der Waals surface area contributed by atoms with Gasteiger partial charge < -0.3 is 16.2 Å². The number of urea groups is 1. The van der Waals surface area contributed by atoms with Gasteiger partial charge in [0.2, 0.25) is 0 Å². The summed E-state index contributed by atoms with van der Waals surface area (Å²) in [6, 6.07) is 5.96. The number of carbonyl (C=O) groups excluding carboxylic acids is 1. The van der Waals surface area contributed by atoms with Crippen LogP contribution in [-0.2, 0) is 4.79 Å². The van der Waals surface area contributed by atoms with Crippen LogP contribution < -0.4 is 11.1 Å². The number of benzene rings is 1. The highest BCUT2D eigenvalue weighted by atomic mass is 16.4. The van der Waals surface area contributed by atoms with Crippen molar-refractivity contribution in [2.45, 2.75) is 19.4 Å². The molecule has 0 bridgehead atoms. The second kappa shape index (κ2) is 5.16. The topological polar surface area (TPSA) is 92.4 Å². The molecule has 0 saturated carbocycles. The predicted octanol–water partition coefficient (Wildman–Crippen LogP) is 1.18. The Kier molecular flexibility index (Phi) is 3.88. The molecule has 2 amide bonds. The van der Waals surface area contributed by atoms with E-state index in [1.54, 1.807) is 12.1 Å². The van der Waals surface area contributed by atoms with Gasteiger partial charge in [-0.3, -0.25) is 4.79 Å². The van der Waals surface area contributed by atoms with E-state index in [1.807, 2.05) is 19.1 Å². The number of aryl methyl sites for hydroxylation is 1. The number of carboxylic acids is 1. The first-order valence-corrected chi connectivity index (χ1v) is 4.84. The highest BCUT2D eigenvalue weighted by molar-refractivity contribution is 5.74. The van der Waals surface area contributed by atoms with Crippen molar-refractivity contribution in [1.29, 1.82) is 0 Å². The molecule has 16 heavy (non-hydrogen) atoms. The van der Waals surface area contributed by atoms with Crippen LogP contribution in [0.4, 0.5) is 4.79 Å². The summed E-state index contributed by atoms with van der Waals surface area (Å²) < 4.78 is 0. The van der Waals surface area contributed by atoms with Crippen molar-refractivity contribution in [3.8, 4) is 0 Å². The van der Waals surface area contributed by atoms with Gasteiger partial charge in [0.15, 0.2) is 0 Å². The Balaban J connectivity index is 2.96. The van der Waals surface area contributed by atoms with Gasteiger partial charge in [-0.15, -0.1) is 0 Å². The molecule has 0 aliphatic rings. The normalized spacial score (nSPS) is 11.8. The van der Waals surface area contributed by atoms with Crippen LogP contribution in [-0.4, -0.2) is 17.1 Å². The third-order valence-corrected chi connectivity index (χ3v) is 2.26. The maximum absolute atomic E-state index is 10.8. The fourth-order valence-electron chi connectivity index (χ4n) is 1.56. The van der Waals surface area contributed by atoms with Crippen LogP contribution in [0.15, 0.2) is 24.3 Å². The molecule has 0 aliphatic heterocycles. The smallest absolute Gasteiger partial charge is 0.312 e. The fraction of sp³-hybridized carbons (Fsp3) is 0.273. The van der Waals surface area contributed by atoms with Gasteiger partial charge >= 0.3 is 12.0 Å². The number of rotatable bonds is 4. The maximum Gasteiger partial charge on any atom is 0.312 e. The standard InChI is InChI=1S/C11H14N2O3/c1-7-4-2-3-5-8(7)9(6-10(14)15)13-11(12)16/h2-5,9H,6H2,1H3,(H,14,15)(H3,12,13,16)/t9-/m1/s1. The monoisotopic (exact) mass is 222 g/mol. The molecular formula is C11H14N2O3. The van der Waals surface area contributed by atoms with Gasteiger partial charge in [-0.1, -0.05) is 24.3 Å². The lowest BCUT2D eigenvalue weighted by Crippen LogP contribution is -2.34. The number of carbonyl (C=O) groups is 2. The van der Waals surface area contributed by atoms with Gasteiger partial charge in [0.25, 0.3) is 0 Å². The highest BCUT2D eigenvalue weighted by Crippen LogP contribution is 2.20. The summed E-state index contributed by atoms with van der Waals surface area (Å²) >= 11 is 0. The highest BCUT2D eigenvalue weighted by Gasteiger charge is 2.18. The first-order chi connectivity index (χ1) is 7.50. The minimum absolute atomic E-state index is 0.187. The van der Waals surface area contributed by atoms with Gasteiger partial charge in [-0.25, -0.2) is 4.79 Å². The molecule has 1 rings (SSSR count). The molecule has 1 aromatic rings. The SMILES string of the molecule is Cc1ccccc1[C@@H](CC(=O)O)NC(N)=O. The summed E-state index contributed by atoms with van der Waals surface area (Å²) in [6.07, 6.45) is -0.187. The summed E-state index contributed by atoms with van der Waals surface area (Å²) in [5.41, 5.74) is 6.70. The average Bonchev–Trinajstić information content (AvgIpc) is 2.15. The quantitative estimate of drug-likeness (QED) is 0.714. The molecule has 86 valence electrons. The second-order valence-electron chi connectivity index (χ2n) is 3.52. The van der Waals surface area contributed by atoms with Gasteiger partial charge in [-0.2, -0.15) is 0 Å². The van der Waals surface area contributed by atoms with Crippen LogP contribution in [0.3, 0.4) is 0 Å². The van der Waals surface area contributed by atoms with Gasteiger partial charge in [0.1, 0.15) is 0 Å². The first-order valence-electron chi connectivity index (χ1n) is 4.84. The Morgan fingerprint density at radius 2 is 2.06 bits per heavy atom. The van der Waals surface area contributed by atoms with E-state index in [2.05, 4.69) is 5.32 Å². The van der Waals surface area contributed by atoms with Crippen LogP contribution in [0.25, 0.3) is 0 Å². The summed E-state index contributed by atoms with van der Waals surface area (Å²) in [5.74, 6) is -0.984. The van der Waals surface area contributed by atoms with Crippen molar-refractivity contribution < 1.29 is 14.7 Å². The minimum Gasteiger partial charge on any atom is -0.481 e. The third-order valence-electron chi connectivity index (χ3n) is 2.26. The van der Waals surface area contributed by atoms with Gasteiger partial charge in [0.05, 0.1) is 12.5 Å². The van der Waals surface area contributed by atoms with E-state index in [1.165, 1.54) is 0 Å². The first kappa shape index (κ1) is 12.0. The van der Waals surface area contributed by atoms with Crippen molar-refractivity contribution in [3.63, 3.8) is 0 Å². The fourth-order valence-corrected chi connectivity index (χ4v) is 1.56. The lowest BCUT2D eigenvalue weighted by Gasteiger charge is -2.17. The molecule has 5 heteroatoms. The number of amides is 2. The van der Waals surface area contributed by atoms with Gasteiger partial charge in [0, 0.05) is 0 Å².